The second-order valence-corrected chi connectivity index (χ2v) is 6.08. The number of aromatic nitrogens is 4. The Morgan fingerprint density at radius 2 is 2.00 bits per heavy atom. The predicted molar refractivity (Wildman–Crippen MR) is 95.4 cm³/mol. The van der Waals surface area contributed by atoms with Crippen LogP contribution in [-0.2, 0) is 17.8 Å². The number of benzene rings is 1. The van der Waals surface area contributed by atoms with Crippen molar-refractivity contribution in [2.75, 3.05) is 6.54 Å². The third-order valence-electron chi connectivity index (χ3n) is 4.08. The molecule has 7 nitrogen and oxygen atoms in total. The number of aromatic amines is 1. The Kier molecular flexibility index (Phi) is 4.92. The number of aryl methyl sites for hydroxylation is 3. The van der Waals surface area contributed by atoms with Crippen molar-refractivity contribution in [2.45, 2.75) is 33.2 Å². The number of amides is 1. The Morgan fingerprint density at radius 3 is 2.72 bits per heavy atom. The lowest BCUT2D eigenvalue weighted by molar-refractivity contribution is -0.120. The number of carbonyl (C=O) groups excluding carboxylic acids is 1. The first-order chi connectivity index (χ1) is 12.0. The summed E-state index contributed by atoms with van der Waals surface area (Å²) in [7, 11) is 0. The van der Waals surface area contributed by atoms with Gasteiger partial charge in [-0.1, -0.05) is 18.2 Å². The third kappa shape index (κ3) is 3.93. The summed E-state index contributed by atoms with van der Waals surface area (Å²) in [5.74, 6) is -0.113. The van der Waals surface area contributed by atoms with Crippen molar-refractivity contribution in [3.05, 3.63) is 57.8 Å². The van der Waals surface area contributed by atoms with Gasteiger partial charge in [-0.25, -0.2) is 5.10 Å². The largest absolute Gasteiger partial charge is 0.356 e. The Morgan fingerprint density at radius 1 is 1.24 bits per heavy atom. The van der Waals surface area contributed by atoms with Gasteiger partial charge in [0.15, 0.2) is 0 Å². The molecule has 0 saturated carbocycles. The summed E-state index contributed by atoms with van der Waals surface area (Å²) in [5, 5.41) is 15.0. The van der Waals surface area contributed by atoms with Crippen LogP contribution in [0.25, 0.3) is 10.8 Å². The zero-order valence-electron chi connectivity index (χ0n) is 14.4. The molecule has 2 heterocycles. The lowest BCUT2D eigenvalue weighted by Crippen LogP contribution is -2.28. The van der Waals surface area contributed by atoms with Gasteiger partial charge in [-0.05, 0) is 32.4 Å². The number of rotatable bonds is 6. The van der Waals surface area contributed by atoms with Crippen molar-refractivity contribution < 1.29 is 4.79 Å². The van der Waals surface area contributed by atoms with Gasteiger partial charge in [-0.2, -0.15) is 10.2 Å². The molecular formula is C18H21N5O2. The van der Waals surface area contributed by atoms with Crippen LogP contribution in [0.5, 0.6) is 0 Å². The molecule has 0 aliphatic heterocycles. The molecule has 0 bridgehead atoms. The smallest absolute Gasteiger partial charge is 0.272 e. The molecule has 3 aromatic rings. The third-order valence-corrected chi connectivity index (χ3v) is 4.08. The van der Waals surface area contributed by atoms with Gasteiger partial charge >= 0.3 is 0 Å². The summed E-state index contributed by atoms with van der Waals surface area (Å²) < 4.78 is 1.94. The van der Waals surface area contributed by atoms with Gasteiger partial charge in [0, 0.05) is 24.2 Å². The summed E-state index contributed by atoms with van der Waals surface area (Å²) in [6.45, 7) is 5.32. The van der Waals surface area contributed by atoms with E-state index in [1.807, 2.05) is 36.7 Å². The highest BCUT2D eigenvalue weighted by atomic mass is 16.1. The highest BCUT2D eigenvalue weighted by molar-refractivity contribution is 5.88. The molecule has 7 heteroatoms. The monoisotopic (exact) mass is 339 g/mol. The maximum Gasteiger partial charge on any atom is 0.272 e. The Hall–Kier alpha value is -2.96. The number of fused-ring (bicyclic) bond motifs is 1. The molecule has 0 atom stereocenters. The molecule has 2 aromatic heterocycles. The van der Waals surface area contributed by atoms with Crippen LogP contribution >= 0.6 is 0 Å². The summed E-state index contributed by atoms with van der Waals surface area (Å²) >= 11 is 0. The Labute approximate surface area is 145 Å². The van der Waals surface area contributed by atoms with E-state index in [1.165, 1.54) is 0 Å². The van der Waals surface area contributed by atoms with E-state index in [9.17, 15) is 9.59 Å². The van der Waals surface area contributed by atoms with Crippen molar-refractivity contribution in [2.24, 2.45) is 0 Å². The second-order valence-electron chi connectivity index (χ2n) is 6.08. The van der Waals surface area contributed by atoms with Crippen LogP contribution in [0.4, 0.5) is 0 Å². The highest BCUT2D eigenvalue weighted by Gasteiger charge is 2.10. The average Bonchev–Trinajstić information content (AvgIpc) is 2.92. The van der Waals surface area contributed by atoms with Crippen molar-refractivity contribution in [3.63, 3.8) is 0 Å². The average molecular weight is 339 g/mol. The molecule has 25 heavy (non-hydrogen) atoms. The number of nitrogens with one attached hydrogen (secondary N) is 2. The van der Waals surface area contributed by atoms with E-state index in [2.05, 4.69) is 20.6 Å². The fraction of sp³-hybridized carbons (Fsp3) is 0.333. The van der Waals surface area contributed by atoms with E-state index in [0.717, 1.165) is 24.4 Å². The normalized spacial score (nSPS) is 11.0. The van der Waals surface area contributed by atoms with E-state index < -0.39 is 0 Å². The van der Waals surface area contributed by atoms with Crippen molar-refractivity contribution in [3.8, 4) is 0 Å². The summed E-state index contributed by atoms with van der Waals surface area (Å²) in [6, 6.07) is 9.19. The quantitative estimate of drug-likeness (QED) is 0.666. The zero-order valence-corrected chi connectivity index (χ0v) is 14.4. The van der Waals surface area contributed by atoms with Gasteiger partial charge in [-0.15, -0.1) is 0 Å². The van der Waals surface area contributed by atoms with Gasteiger partial charge in [-0.3, -0.25) is 14.3 Å². The minimum absolute atomic E-state index is 0.113. The topological polar surface area (TPSA) is 92.7 Å². The van der Waals surface area contributed by atoms with Crippen LogP contribution < -0.4 is 10.9 Å². The van der Waals surface area contributed by atoms with E-state index in [4.69, 9.17) is 0 Å². The summed E-state index contributed by atoms with van der Waals surface area (Å²) in [6.07, 6.45) is 0.935. The van der Waals surface area contributed by atoms with Crippen LogP contribution in [0.2, 0.25) is 0 Å². The maximum atomic E-state index is 12.2. The molecule has 0 aliphatic rings. The van der Waals surface area contributed by atoms with Gasteiger partial charge in [0.1, 0.15) is 0 Å². The van der Waals surface area contributed by atoms with E-state index in [1.54, 1.807) is 12.1 Å². The van der Waals surface area contributed by atoms with E-state index in [-0.39, 0.29) is 17.9 Å². The first-order valence-electron chi connectivity index (χ1n) is 8.28. The number of carbonyl (C=O) groups is 1. The molecule has 0 radical (unpaired) electrons. The molecule has 2 N–H and O–H groups in total. The zero-order chi connectivity index (χ0) is 17.8. The Bertz CT molecular complexity index is 957. The SMILES string of the molecule is Cc1cc(C)n(CCCNC(=O)Cc2n[nH]c(=O)c3ccccc23)n1. The fourth-order valence-electron chi connectivity index (χ4n) is 2.88. The lowest BCUT2D eigenvalue weighted by atomic mass is 10.1. The van der Waals surface area contributed by atoms with E-state index >= 15 is 0 Å². The van der Waals surface area contributed by atoms with Crippen molar-refractivity contribution >= 4 is 16.7 Å². The number of nitrogens with zero attached hydrogens (tertiary/aromatic N) is 3. The minimum Gasteiger partial charge on any atom is -0.356 e. The summed E-state index contributed by atoms with van der Waals surface area (Å²) in [5.41, 5.74) is 2.45. The first-order valence-corrected chi connectivity index (χ1v) is 8.28. The van der Waals surface area contributed by atoms with Crippen LogP contribution in [0.15, 0.2) is 35.1 Å². The lowest BCUT2D eigenvalue weighted by Gasteiger charge is -2.08. The molecule has 0 saturated heterocycles. The summed E-state index contributed by atoms with van der Waals surface area (Å²) in [4.78, 5) is 23.9. The molecule has 3 rings (SSSR count). The van der Waals surface area contributed by atoms with Crippen LogP contribution in [0.1, 0.15) is 23.5 Å². The minimum atomic E-state index is -0.246. The molecule has 0 unspecified atom stereocenters. The van der Waals surface area contributed by atoms with Gasteiger partial charge in [0.05, 0.1) is 23.2 Å². The second kappa shape index (κ2) is 7.29. The van der Waals surface area contributed by atoms with Gasteiger partial charge in [0.2, 0.25) is 5.91 Å². The highest BCUT2D eigenvalue weighted by Crippen LogP contribution is 2.12. The molecule has 0 fully saturated rings. The van der Waals surface area contributed by atoms with Gasteiger partial charge in [0.25, 0.3) is 5.56 Å². The first kappa shape index (κ1) is 16.9. The molecule has 1 aromatic carbocycles. The standard InChI is InChI=1S/C18H21N5O2/c1-12-10-13(2)23(22-12)9-5-8-19-17(24)11-16-14-6-3-4-7-15(14)18(25)21-20-16/h3-4,6-7,10H,5,8-9,11H2,1-2H3,(H,19,24)(H,21,25). The number of hydrogen-bond donors (Lipinski definition) is 2. The van der Waals surface area contributed by atoms with Crippen LogP contribution in [0.3, 0.4) is 0 Å². The number of hydrogen-bond acceptors (Lipinski definition) is 4. The molecule has 1 amide bonds. The van der Waals surface area contributed by atoms with Gasteiger partial charge < -0.3 is 5.32 Å². The maximum absolute atomic E-state index is 12.2. The Balaban J connectivity index is 1.56. The molecule has 130 valence electrons. The number of H-pyrrole nitrogens is 1. The predicted octanol–water partition coefficient (Wildman–Crippen LogP) is 1.49. The van der Waals surface area contributed by atoms with Crippen LogP contribution in [-0.4, -0.2) is 32.4 Å². The molecular weight excluding hydrogens is 318 g/mol. The molecule has 0 spiro atoms. The fourth-order valence-corrected chi connectivity index (χ4v) is 2.88. The van der Waals surface area contributed by atoms with E-state index in [0.29, 0.717) is 23.0 Å². The van der Waals surface area contributed by atoms with Crippen molar-refractivity contribution in [1.82, 2.24) is 25.3 Å². The molecule has 0 aliphatic carbocycles. The van der Waals surface area contributed by atoms with Crippen molar-refractivity contribution in [1.29, 1.82) is 0 Å². The van der Waals surface area contributed by atoms with Crippen LogP contribution in [0, 0.1) is 13.8 Å².